The lowest BCUT2D eigenvalue weighted by molar-refractivity contribution is -0.131. The van der Waals surface area contributed by atoms with Gasteiger partial charge in [-0.15, -0.1) is 0 Å². The van der Waals surface area contributed by atoms with Gasteiger partial charge >= 0.3 is 0 Å². The number of anilines is 1. The molecule has 1 N–H and O–H groups in total. The van der Waals surface area contributed by atoms with Crippen LogP contribution in [0.25, 0.3) is 16.4 Å². The highest BCUT2D eigenvalue weighted by Gasteiger charge is 2.26. The lowest BCUT2D eigenvalue weighted by atomic mass is 9.97. The van der Waals surface area contributed by atoms with Crippen LogP contribution in [0.5, 0.6) is 0 Å². The van der Waals surface area contributed by atoms with Crippen molar-refractivity contribution in [2.45, 2.75) is 38.5 Å². The number of hydrogen-bond acceptors (Lipinski definition) is 4. The minimum absolute atomic E-state index is 0.239. The Kier molecular flexibility index (Phi) is 4.82. The molecule has 164 valence electrons. The van der Waals surface area contributed by atoms with E-state index >= 15 is 0 Å². The SMILES string of the molecule is O=C(CCc1c[nH]c2ccccc12)N1CCN(c2nccn3nc4c(c23)CCCC4)CC1. The molecule has 7 nitrogen and oxygen atoms in total. The number of aryl methyl sites for hydroxylation is 3. The number of rotatable bonds is 4. The number of benzene rings is 1. The van der Waals surface area contributed by atoms with E-state index in [0.29, 0.717) is 6.42 Å². The number of H-pyrrole nitrogens is 1. The third-order valence-corrected chi connectivity index (χ3v) is 7.01. The summed E-state index contributed by atoms with van der Waals surface area (Å²) in [5.41, 5.74) is 6.12. The Labute approximate surface area is 187 Å². The van der Waals surface area contributed by atoms with Crippen molar-refractivity contribution in [1.29, 1.82) is 0 Å². The van der Waals surface area contributed by atoms with Crippen molar-refractivity contribution in [2.24, 2.45) is 0 Å². The lowest BCUT2D eigenvalue weighted by Crippen LogP contribution is -2.49. The lowest BCUT2D eigenvalue weighted by Gasteiger charge is -2.35. The zero-order chi connectivity index (χ0) is 21.5. The Hall–Kier alpha value is -3.35. The van der Waals surface area contributed by atoms with E-state index < -0.39 is 0 Å². The van der Waals surface area contributed by atoms with Crippen LogP contribution in [0.4, 0.5) is 5.82 Å². The molecule has 0 bridgehead atoms. The van der Waals surface area contributed by atoms with Crippen molar-refractivity contribution in [3.63, 3.8) is 0 Å². The number of amides is 1. The van der Waals surface area contributed by atoms with Gasteiger partial charge < -0.3 is 14.8 Å². The molecule has 4 heterocycles. The average Bonchev–Trinajstić information content (AvgIpc) is 3.44. The van der Waals surface area contributed by atoms with E-state index in [1.807, 2.05) is 40.1 Å². The van der Waals surface area contributed by atoms with Gasteiger partial charge in [-0.3, -0.25) is 4.79 Å². The molecular formula is C25H28N6O. The minimum atomic E-state index is 0.239. The Morgan fingerprint density at radius 3 is 2.81 bits per heavy atom. The Bertz CT molecular complexity index is 1280. The number of fused-ring (bicyclic) bond motifs is 4. The van der Waals surface area contributed by atoms with Gasteiger partial charge in [-0.05, 0) is 43.7 Å². The van der Waals surface area contributed by atoms with E-state index in [4.69, 9.17) is 10.1 Å². The first-order valence-electron chi connectivity index (χ1n) is 11.7. The molecule has 4 aromatic rings. The molecule has 1 fully saturated rings. The fraction of sp³-hybridized carbons (Fsp3) is 0.400. The second-order valence-electron chi connectivity index (χ2n) is 8.90. The monoisotopic (exact) mass is 428 g/mol. The van der Waals surface area contributed by atoms with Crippen LogP contribution in [-0.2, 0) is 24.1 Å². The van der Waals surface area contributed by atoms with Crippen LogP contribution in [-0.4, -0.2) is 56.6 Å². The van der Waals surface area contributed by atoms with Gasteiger partial charge in [-0.1, -0.05) is 18.2 Å². The minimum Gasteiger partial charge on any atom is -0.361 e. The summed E-state index contributed by atoms with van der Waals surface area (Å²) in [4.78, 5) is 25.3. The fourth-order valence-electron chi connectivity index (χ4n) is 5.28. The third kappa shape index (κ3) is 3.32. The number of piperazine rings is 1. The standard InChI is InChI=1S/C25H28N6O/c32-23(10-9-18-17-27-21-7-3-1-5-19(18)21)29-13-15-30(16-14-29)25-24-20-6-2-4-8-22(20)28-31(24)12-11-26-25/h1,3,5,7,11-12,17,27H,2,4,6,8-10,13-16H2. The molecule has 1 saturated heterocycles. The summed E-state index contributed by atoms with van der Waals surface area (Å²) in [5.74, 6) is 1.26. The first kappa shape index (κ1) is 19.3. The first-order chi connectivity index (χ1) is 15.8. The zero-order valence-corrected chi connectivity index (χ0v) is 18.3. The third-order valence-electron chi connectivity index (χ3n) is 7.01. The molecular weight excluding hydrogens is 400 g/mol. The van der Waals surface area contributed by atoms with Gasteiger partial charge in [0, 0.05) is 67.7 Å². The number of para-hydroxylation sites is 1. The Morgan fingerprint density at radius 2 is 1.91 bits per heavy atom. The second-order valence-corrected chi connectivity index (χ2v) is 8.90. The smallest absolute Gasteiger partial charge is 0.223 e. The maximum Gasteiger partial charge on any atom is 0.223 e. The van der Waals surface area contributed by atoms with Crippen molar-refractivity contribution in [2.75, 3.05) is 31.1 Å². The predicted octanol–water partition coefficient (Wildman–Crippen LogP) is 3.37. The van der Waals surface area contributed by atoms with Crippen LogP contribution in [0.1, 0.15) is 36.1 Å². The summed E-state index contributed by atoms with van der Waals surface area (Å²) in [6, 6.07) is 8.27. The van der Waals surface area contributed by atoms with Gasteiger partial charge in [0.25, 0.3) is 0 Å². The number of aromatic nitrogens is 4. The van der Waals surface area contributed by atoms with E-state index in [9.17, 15) is 4.79 Å². The van der Waals surface area contributed by atoms with Gasteiger partial charge in [-0.2, -0.15) is 5.10 Å². The number of hydrogen-bond donors (Lipinski definition) is 1. The maximum atomic E-state index is 12.9. The summed E-state index contributed by atoms with van der Waals surface area (Å²) in [6.45, 7) is 3.11. The molecule has 1 aromatic carbocycles. The largest absolute Gasteiger partial charge is 0.361 e. The number of nitrogens with zero attached hydrogens (tertiary/aromatic N) is 5. The van der Waals surface area contributed by atoms with Gasteiger partial charge in [-0.25, -0.2) is 9.50 Å². The molecule has 1 amide bonds. The van der Waals surface area contributed by atoms with E-state index in [2.05, 4.69) is 22.0 Å². The fourth-order valence-corrected chi connectivity index (χ4v) is 5.28. The molecule has 0 spiro atoms. The summed E-state index contributed by atoms with van der Waals surface area (Å²) in [7, 11) is 0. The molecule has 0 unspecified atom stereocenters. The molecule has 2 aliphatic rings. The quantitative estimate of drug-likeness (QED) is 0.541. The molecule has 7 heteroatoms. The second kappa shape index (κ2) is 7.97. The number of carbonyl (C=O) groups excluding carboxylic acids is 1. The number of nitrogens with one attached hydrogen (secondary N) is 1. The van der Waals surface area contributed by atoms with Gasteiger partial charge in [0.05, 0.1) is 5.69 Å². The molecule has 0 atom stereocenters. The summed E-state index contributed by atoms with van der Waals surface area (Å²) in [6.07, 6.45) is 11.8. The highest BCUT2D eigenvalue weighted by Crippen LogP contribution is 2.30. The normalized spacial score (nSPS) is 16.6. The molecule has 6 rings (SSSR count). The summed E-state index contributed by atoms with van der Waals surface area (Å²) >= 11 is 0. The molecule has 1 aliphatic heterocycles. The Morgan fingerprint density at radius 1 is 1.06 bits per heavy atom. The Balaban J connectivity index is 1.13. The highest BCUT2D eigenvalue weighted by molar-refractivity contribution is 5.84. The van der Waals surface area contributed by atoms with Crippen molar-refractivity contribution in [3.05, 3.63) is 59.7 Å². The van der Waals surface area contributed by atoms with Crippen molar-refractivity contribution >= 4 is 28.1 Å². The highest BCUT2D eigenvalue weighted by atomic mass is 16.2. The van der Waals surface area contributed by atoms with Crippen LogP contribution in [0.3, 0.4) is 0 Å². The van der Waals surface area contributed by atoms with Crippen LogP contribution < -0.4 is 4.90 Å². The van der Waals surface area contributed by atoms with Crippen LogP contribution >= 0.6 is 0 Å². The molecule has 0 radical (unpaired) electrons. The first-order valence-corrected chi connectivity index (χ1v) is 11.7. The van der Waals surface area contributed by atoms with Gasteiger partial charge in [0.1, 0.15) is 5.52 Å². The van der Waals surface area contributed by atoms with Gasteiger partial charge in [0.2, 0.25) is 5.91 Å². The molecule has 1 aliphatic carbocycles. The van der Waals surface area contributed by atoms with Crippen LogP contribution in [0.2, 0.25) is 0 Å². The van der Waals surface area contributed by atoms with Crippen molar-refractivity contribution < 1.29 is 4.79 Å². The average molecular weight is 429 g/mol. The van der Waals surface area contributed by atoms with Crippen molar-refractivity contribution in [1.82, 2.24) is 24.5 Å². The van der Waals surface area contributed by atoms with E-state index in [0.717, 1.165) is 56.8 Å². The predicted molar refractivity (Wildman–Crippen MR) is 125 cm³/mol. The zero-order valence-electron chi connectivity index (χ0n) is 18.3. The topological polar surface area (TPSA) is 69.5 Å². The summed E-state index contributed by atoms with van der Waals surface area (Å²) < 4.78 is 2.01. The number of aromatic amines is 1. The maximum absolute atomic E-state index is 12.9. The molecule has 32 heavy (non-hydrogen) atoms. The van der Waals surface area contributed by atoms with Crippen LogP contribution in [0.15, 0.2) is 42.9 Å². The van der Waals surface area contributed by atoms with Crippen molar-refractivity contribution in [3.8, 4) is 0 Å². The summed E-state index contributed by atoms with van der Waals surface area (Å²) in [5, 5.41) is 6.02. The molecule has 3 aromatic heterocycles. The van der Waals surface area contributed by atoms with E-state index in [-0.39, 0.29) is 5.91 Å². The van der Waals surface area contributed by atoms with Crippen LogP contribution in [0, 0.1) is 0 Å². The van der Waals surface area contributed by atoms with Gasteiger partial charge in [0.15, 0.2) is 5.82 Å². The number of carbonyl (C=O) groups is 1. The van der Waals surface area contributed by atoms with E-state index in [1.54, 1.807) is 0 Å². The van der Waals surface area contributed by atoms with E-state index in [1.165, 1.54) is 40.6 Å². The molecule has 0 saturated carbocycles.